The number of imidazole rings is 1. The van der Waals surface area contributed by atoms with Gasteiger partial charge >= 0.3 is 5.97 Å². The van der Waals surface area contributed by atoms with E-state index in [1.54, 1.807) is 0 Å². The van der Waals surface area contributed by atoms with Crippen LogP contribution in [0.2, 0.25) is 0 Å². The molecule has 2 heterocycles. The number of nitrogens with zero attached hydrogens (tertiary/aromatic N) is 3. The molecule has 94 valence electrons. The highest BCUT2D eigenvalue weighted by Crippen LogP contribution is 2.22. The van der Waals surface area contributed by atoms with E-state index in [2.05, 4.69) is 9.88 Å². The predicted octanol–water partition coefficient (Wildman–Crippen LogP) is 1.11. The summed E-state index contributed by atoms with van der Waals surface area (Å²) in [5.74, 6) is -0.144. The fourth-order valence-electron chi connectivity index (χ4n) is 2.39. The van der Waals surface area contributed by atoms with E-state index >= 15 is 0 Å². The van der Waals surface area contributed by atoms with Gasteiger partial charge in [-0.25, -0.2) is 4.98 Å². The molecule has 0 radical (unpaired) electrons. The maximum atomic E-state index is 10.5. The van der Waals surface area contributed by atoms with E-state index in [-0.39, 0.29) is 0 Å². The molecule has 1 aliphatic heterocycles. The van der Waals surface area contributed by atoms with Gasteiger partial charge in [-0.1, -0.05) is 0 Å². The Morgan fingerprint density at radius 1 is 1.65 bits per heavy atom. The topological polar surface area (TPSA) is 58.4 Å². The van der Waals surface area contributed by atoms with Crippen LogP contribution in [0.4, 0.5) is 0 Å². The van der Waals surface area contributed by atoms with Gasteiger partial charge in [0.1, 0.15) is 0 Å². The van der Waals surface area contributed by atoms with Crippen molar-refractivity contribution in [1.29, 1.82) is 0 Å². The fourth-order valence-corrected chi connectivity index (χ4v) is 2.39. The van der Waals surface area contributed by atoms with E-state index < -0.39 is 5.97 Å². The maximum absolute atomic E-state index is 10.5. The molecule has 5 heteroatoms. The van der Waals surface area contributed by atoms with Crippen LogP contribution < -0.4 is 0 Å². The van der Waals surface area contributed by atoms with Crippen molar-refractivity contribution >= 4 is 5.97 Å². The first-order valence-electron chi connectivity index (χ1n) is 6.04. The molecule has 17 heavy (non-hydrogen) atoms. The van der Waals surface area contributed by atoms with Crippen LogP contribution >= 0.6 is 0 Å². The van der Waals surface area contributed by atoms with Crippen LogP contribution in [0, 0.1) is 5.92 Å². The molecule has 2 rings (SSSR count). The third-order valence-electron chi connectivity index (χ3n) is 3.44. The highest BCUT2D eigenvalue weighted by atomic mass is 16.4. The van der Waals surface area contributed by atoms with Gasteiger partial charge in [0.05, 0.1) is 12.0 Å². The third-order valence-corrected chi connectivity index (χ3v) is 3.44. The van der Waals surface area contributed by atoms with E-state index in [9.17, 15) is 4.79 Å². The lowest BCUT2D eigenvalue weighted by Crippen LogP contribution is -2.21. The van der Waals surface area contributed by atoms with Gasteiger partial charge in [0, 0.05) is 32.8 Å². The summed E-state index contributed by atoms with van der Waals surface area (Å²) >= 11 is 0. The number of likely N-dealkylation sites (tertiary alicyclic amines) is 1. The molecule has 0 aliphatic carbocycles. The number of hydrogen-bond donors (Lipinski definition) is 1. The second kappa shape index (κ2) is 5.31. The third kappa shape index (κ3) is 3.30. The van der Waals surface area contributed by atoms with Gasteiger partial charge in [-0.3, -0.25) is 9.69 Å². The minimum atomic E-state index is -0.685. The summed E-state index contributed by atoms with van der Waals surface area (Å²) in [7, 11) is 2.00. The van der Waals surface area contributed by atoms with Gasteiger partial charge in [0.2, 0.25) is 0 Å². The normalized spacial score (nSPS) is 20.9. The zero-order valence-corrected chi connectivity index (χ0v) is 10.2. The van der Waals surface area contributed by atoms with E-state index in [1.165, 1.54) is 5.69 Å². The van der Waals surface area contributed by atoms with Crippen LogP contribution in [0.25, 0.3) is 0 Å². The van der Waals surface area contributed by atoms with Gasteiger partial charge in [-0.2, -0.15) is 0 Å². The maximum Gasteiger partial charge on any atom is 0.303 e. The summed E-state index contributed by atoms with van der Waals surface area (Å²) in [5.41, 5.74) is 1.21. The smallest absolute Gasteiger partial charge is 0.303 e. The van der Waals surface area contributed by atoms with Gasteiger partial charge < -0.3 is 9.67 Å². The molecule has 0 aromatic carbocycles. The number of hydrogen-bond acceptors (Lipinski definition) is 3. The lowest BCUT2D eigenvalue weighted by atomic mass is 10.0. The highest BCUT2D eigenvalue weighted by Gasteiger charge is 2.23. The molecule has 5 nitrogen and oxygen atoms in total. The first kappa shape index (κ1) is 12.1. The molecule has 1 aliphatic rings. The lowest BCUT2D eigenvalue weighted by molar-refractivity contribution is -0.137. The summed E-state index contributed by atoms with van der Waals surface area (Å²) in [5, 5.41) is 8.66. The lowest BCUT2D eigenvalue weighted by Gasteiger charge is -2.15. The second-order valence-electron chi connectivity index (χ2n) is 4.82. The Balaban J connectivity index is 1.78. The van der Waals surface area contributed by atoms with Crippen molar-refractivity contribution in [3.8, 4) is 0 Å². The molecule has 1 saturated heterocycles. The molecule has 1 N–H and O–H groups in total. The summed E-state index contributed by atoms with van der Waals surface area (Å²) in [6.07, 6.45) is 5.92. The largest absolute Gasteiger partial charge is 0.481 e. The number of carbonyl (C=O) groups is 1. The molecule has 0 saturated carbocycles. The Kier molecular flexibility index (Phi) is 3.78. The van der Waals surface area contributed by atoms with Crippen LogP contribution in [-0.4, -0.2) is 38.6 Å². The number of aromatic nitrogens is 2. The van der Waals surface area contributed by atoms with Crippen molar-refractivity contribution in [2.24, 2.45) is 13.0 Å². The minimum absolute atomic E-state index is 0.296. The molecule has 1 atom stereocenters. The Labute approximate surface area is 101 Å². The molecule has 0 bridgehead atoms. The van der Waals surface area contributed by atoms with Crippen LogP contribution in [-0.2, 0) is 18.4 Å². The van der Waals surface area contributed by atoms with Crippen LogP contribution in [0.3, 0.4) is 0 Å². The SMILES string of the molecule is Cn1cncc1CN1CCC(CCC(=O)O)C1. The van der Waals surface area contributed by atoms with Crippen molar-refractivity contribution in [2.75, 3.05) is 13.1 Å². The predicted molar refractivity (Wildman–Crippen MR) is 63.5 cm³/mol. The van der Waals surface area contributed by atoms with Crippen molar-refractivity contribution in [3.05, 3.63) is 18.2 Å². The van der Waals surface area contributed by atoms with Gasteiger partial charge in [0.25, 0.3) is 0 Å². The summed E-state index contributed by atoms with van der Waals surface area (Å²) in [6.45, 7) is 2.99. The molecule has 1 fully saturated rings. The van der Waals surface area contributed by atoms with Crippen molar-refractivity contribution in [1.82, 2.24) is 14.5 Å². The summed E-state index contributed by atoms with van der Waals surface area (Å²) in [4.78, 5) is 17.0. The Morgan fingerprint density at radius 3 is 3.12 bits per heavy atom. The van der Waals surface area contributed by atoms with Crippen molar-refractivity contribution in [2.45, 2.75) is 25.8 Å². The first-order chi connectivity index (χ1) is 8.15. The zero-order valence-electron chi connectivity index (χ0n) is 10.2. The van der Waals surface area contributed by atoms with Gasteiger partial charge in [-0.15, -0.1) is 0 Å². The van der Waals surface area contributed by atoms with Crippen molar-refractivity contribution < 1.29 is 9.90 Å². The standard InChI is InChI=1S/C12H19N3O2/c1-14-9-13-6-11(14)8-15-5-4-10(7-15)2-3-12(16)17/h6,9-10H,2-5,7-8H2,1H3,(H,16,17). The number of rotatable bonds is 5. The van der Waals surface area contributed by atoms with Crippen LogP contribution in [0.15, 0.2) is 12.5 Å². The van der Waals surface area contributed by atoms with Gasteiger partial charge in [-0.05, 0) is 25.3 Å². The molecule has 1 aromatic heterocycles. The Morgan fingerprint density at radius 2 is 2.47 bits per heavy atom. The summed E-state index contributed by atoms with van der Waals surface area (Å²) < 4.78 is 2.03. The molecular weight excluding hydrogens is 218 g/mol. The average molecular weight is 237 g/mol. The minimum Gasteiger partial charge on any atom is -0.481 e. The number of carboxylic acid groups (broad SMARTS) is 1. The van der Waals surface area contributed by atoms with E-state index in [0.717, 1.165) is 32.5 Å². The second-order valence-corrected chi connectivity index (χ2v) is 4.82. The van der Waals surface area contributed by atoms with Crippen LogP contribution in [0.5, 0.6) is 0 Å². The number of carboxylic acids is 1. The van der Waals surface area contributed by atoms with E-state index in [1.807, 2.05) is 24.1 Å². The molecule has 0 amide bonds. The van der Waals surface area contributed by atoms with E-state index in [4.69, 9.17) is 5.11 Å². The molecular formula is C12H19N3O2. The Bertz CT molecular complexity index is 389. The monoisotopic (exact) mass is 237 g/mol. The van der Waals surface area contributed by atoms with E-state index in [0.29, 0.717) is 12.3 Å². The quantitative estimate of drug-likeness (QED) is 0.833. The molecule has 1 aromatic rings. The molecule has 1 unspecified atom stereocenters. The zero-order chi connectivity index (χ0) is 12.3. The number of aryl methyl sites for hydroxylation is 1. The van der Waals surface area contributed by atoms with Crippen molar-refractivity contribution in [3.63, 3.8) is 0 Å². The average Bonchev–Trinajstić information content (AvgIpc) is 2.87. The Hall–Kier alpha value is -1.36. The highest BCUT2D eigenvalue weighted by molar-refractivity contribution is 5.66. The molecule has 0 spiro atoms. The first-order valence-corrected chi connectivity index (χ1v) is 6.04. The van der Waals surface area contributed by atoms with Gasteiger partial charge in [0.15, 0.2) is 0 Å². The summed E-state index contributed by atoms with van der Waals surface area (Å²) in [6, 6.07) is 0. The van der Waals surface area contributed by atoms with Crippen LogP contribution in [0.1, 0.15) is 25.0 Å². The fraction of sp³-hybridized carbons (Fsp3) is 0.667. The number of aliphatic carboxylic acids is 1.